The maximum absolute atomic E-state index is 12.2. The highest BCUT2D eigenvalue weighted by Crippen LogP contribution is 2.30. The van der Waals surface area contributed by atoms with Crippen LogP contribution in [0.5, 0.6) is 0 Å². The molecule has 0 spiro atoms. The summed E-state index contributed by atoms with van der Waals surface area (Å²) in [7, 11) is 3.94. The standard InChI is InChI=1S/C16H17N5O3/c1-21(2)5-3-4-12-11-8-17-20-15(22)10-6-9(18-16(23)24)7-13(19-12)14(10)11/h3-4,6-8,18-19H,5H2,1-2H3,(H,20,22)(H,23,24). The third-order valence-corrected chi connectivity index (χ3v) is 3.58. The molecule has 2 amide bonds. The Kier molecular flexibility index (Phi) is 4.05. The molecule has 1 aromatic carbocycles. The summed E-state index contributed by atoms with van der Waals surface area (Å²) in [6.45, 7) is 0.766. The molecule has 2 aromatic rings. The number of anilines is 1. The van der Waals surface area contributed by atoms with Crippen LogP contribution in [0.3, 0.4) is 0 Å². The summed E-state index contributed by atoms with van der Waals surface area (Å²) in [4.78, 5) is 28.3. The number of hydrazone groups is 1. The largest absolute Gasteiger partial charge is 0.465 e. The maximum Gasteiger partial charge on any atom is 0.409 e. The molecule has 0 saturated carbocycles. The van der Waals surface area contributed by atoms with Crippen molar-refractivity contribution in [3.8, 4) is 0 Å². The predicted octanol–water partition coefficient (Wildman–Crippen LogP) is 1.91. The number of aromatic nitrogens is 1. The lowest BCUT2D eigenvalue weighted by atomic mass is 10.0. The molecule has 124 valence electrons. The number of hydrogen-bond acceptors (Lipinski definition) is 4. The second-order valence-electron chi connectivity index (χ2n) is 5.69. The van der Waals surface area contributed by atoms with Crippen molar-refractivity contribution in [3.63, 3.8) is 0 Å². The highest BCUT2D eigenvalue weighted by molar-refractivity contribution is 6.16. The van der Waals surface area contributed by atoms with Gasteiger partial charge >= 0.3 is 6.09 Å². The van der Waals surface area contributed by atoms with Gasteiger partial charge in [-0.05, 0) is 32.3 Å². The van der Waals surface area contributed by atoms with Gasteiger partial charge in [-0.2, -0.15) is 5.10 Å². The zero-order valence-corrected chi connectivity index (χ0v) is 13.3. The van der Waals surface area contributed by atoms with Gasteiger partial charge in [0, 0.05) is 34.4 Å². The first kappa shape index (κ1) is 15.8. The first-order valence-electron chi connectivity index (χ1n) is 7.30. The minimum Gasteiger partial charge on any atom is -0.465 e. The Bertz CT molecular complexity index is 879. The van der Waals surface area contributed by atoms with Crippen molar-refractivity contribution in [2.24, 2.45) is 5.10 Å². The second-order valence-corrected chi connectivity index (χ2v) is 5.69. The van der Waals surface area contributed by atoms with Crippen LogP contribution in [0.25, 0.3) is 17.0 Å². The summed E-state index contributed by atoms with van der Waals surface area (Å²) in [5.74, 6) is -0.383. The molecule has 3 rings (SSSR count). The van der Waals surface area contributed by atoms with Crippen LogP contribution in [0.4, 0.5) is 10.5 Å². The van der Waals surface area contributed by atoms with E-state index in [-0.39, 0.29) is 5.91 Å². The van der Waals surface area contributed by atoms with Gasteiger partial charge in [-0.25, -0.2) is 10.2 Å². The Morgan fingerprint density at radius 2 is 2.21 bits per heavy atom. The molecule has 1 aliphatic heterocycles. The van der Waals surface area contributed by atoms with Gasteiger partial charge in [0.25, 0.3) is 5.91 Å². The third-order valence-electron chi connectivity index (χ3n) is 3.58. The van der Waals surface area contributed by atoms with E-state index in [1.807, 2.05) is 31.1 Å². The first-order chi connectivity index (χ1) is 11.5. The fourth-order valence-corrected chi connectivity index (χ4v) is 2.62. The van der Waals surface area contributed by atoms with Crippen molar-refractivity contribution in [3.05, 3.63) is 35.0 Å². The van der Waals surface area contributed by atoms with Gasteiger partial charge in [-0.3, -0.25) is 10.1 Å². The van der Waals surface area contributed by atoms with Crippen LogP contribution in [0.2, 0.25) is 0 Å². The summed E-state index contributed by atoms with van der Waals surface area (Å²) in [6.07, 6.45) is 4.31. The van der Waals surface area contributed by atoms with Crippen LogP contribution < -0.4 is 10.7 Å². The molecule has 0 unspecified atom stereocenters. The number of likely N-dealkylation sites (N-methyl/N-ethyl adjacent to an activating group) is 1. The van der Waals surface area contributed by atoms with E-state index in [2.05, 4.69) is 20.8 Å². The minimum atomic E-state index is -1.19. The molecule has 0 atom stereocenters. The molecule has 0 fully saturated rings. The Morgan fingerprint density at radius 1 is 1.42 bits per heavy atom. The van der Waals surface area contributed by atoms with Crippen LogP contribution in [0.15, 0.2) is 23.3 Å². The number of carbonyl (C=O) groups is 2. The number of rotatable bonds is 4. The lowest BCUT2D eigenvalue weighted by Crippen LogP contribution is -2.17. The summed E-state index contributed by atoms with van der Waals surface area (Å²) in [5, 5.41) is 15.8. The van der Waals surface area contributed by atoms with Crippen LogP contribution >= 0.6 is 0 Å². The number of aromatic amines is 1. The van der Waals surface area contributed by atoms with Crippen LogP contribution in [0.1, 0.15) is 21.6 Å². The van der Waals surface area contributed by atoms with Crippen molar-refractivity contribution >= 4 is 40.9 Å². The second kappa shape index (κ2) is 6.17. The first-order valence-corrected chi connectivity index (χ1v) is 7.30. The van der Waals surface area contributed by atoms with Crippen LogP contribution in [-0.4, -0.2) is 53.8 Å². The van der Waals surface area contributed by atoms with Gasteiger partial charge in [0.15, 0.2) is 0 Å². The van der Waals surface area contributed by atoms with E-state index in [1.54, 1.807) is 12.3 Å². The smallest absolute Gasteiger partial charge is 0.409 e. The Hall–Kier alpha value is -3.13. The van der Waals surface area contributed by atoms with Gasteiger partial charge in [0.1, 0.15) is 0 Å². The molecule has 8 nitrogen and oxygen atoms in total. The highest BCUT2D eigenvalue weighted by atomic mass is 16.4. The minimum absolute atomic E-state index is 0.318. The van der Waals surface area contributed by atoms with E-state index in [0.717, 1.165) is 17.8 Å². The molecule has 2 heterocycles. The molecule has 0 saturated heterocycles. The lowest BCUT2D eigenvalue weighted by Gasteiger charge is -2.05. The zero-order valence-electron chi connectivity index (χ0n) is 13.3. The molecular weight excluding hydrogens is 310 g/mol. The molecular formula is C16H17N5O3. The number of amides is 2. The molecule has 0 radical (unpaired) electrons. The SMILES string of the molecule is CN(C)CC=Cc1[nH]c2cc(NC(=O)O)cc3c2c1C=NNC3=O. The molecule has 8 heteroatoms. The number of benzene rings is 1. The van der Waals surface area contributed by atoms with E-state index in [1.165, 1.54) is 6.07 Å². The number of hydrogen-bond donors (Lipinski definition) is 4. The Labute approximate surface area is 137 Å². The van der Waals surface area contributed by atoms with Gasteiger partial charge in [-0.15, -0.1) is 0 Å². The zero-order chi connectivity index (χ0) is 17.3. The molecule has 1 aromatic heterocycles. The normalized spacial score (nSPS) is 13.5. The monoisotopic (exact) mass is 327 g/mol. The number of carboxylic acid groups (broad SMARTS) is 1. The summed E-state index contributed by atoms with van der Waals surface area (Å²) in [5.41, 5.74) is 5.37. The Balaban J connectivity index is 2.16. The fraction of sp³-hybridized carbons (Fsp3) is 0.188. The predicted molar refractivity (Wildman–Crippen MR) is 92.6 cm³/mol. The quantitative estimate of drug-likeness (QED) is 0.687. The van der Waals surface area contributed by atoms with Crippen LogP contribution in [0, 0.1) is 0 Å². The summed E-state index contributed by atoms with van der Waals surface area (Å²) < 4.78 is 0. The topological polar surface area (TPSA) is 110 Å². The van der Waals surface area contributed by atoms with E-state index in [4.69, 9.17) is 5.11 Å². The Morgan fingerprint density at radius 3 is 2.92 bits per heavy atom. The van der Waals surface area contributed by atoms with Gasteiger partial charge in [0.2, 0.25) is 0 Å². The average Bonchev–Trinajstić information content (AvgIpc) is 2.73. The van der Waals surface area contributed by atoms with Crippen molar-refractivity contribution in [1.82, 2.24) is 15.3 Å². The molecule has 0 aliphatic carbocycles. The summed E-state index contributed by atoms with van der Waals surface area (Å²) in [6, 6.07) is 3.16. The van der Waals surface area contributed by atoms with E-state index in [0.29, 0.717) is 22.2 Å². The van der Waals surface area contributed by atoms with Crippen molar-refractivity contribution in [2.45, 2.75) is 0 Å². The van der Waals surface area contributed by atoms with Gasteiger partial charge < -0.3 is 15.0 Å². The molecule has 24 heavy (non-hydrogen) atoms. The van der Waals surface area contributed by atoms with Crippen molar-refractivity contribution in [1.29, 1.82) is 0 Å². The lowest BCUT2D eigenvalue weighted by molar-refractivity contribution is 0.0957. The number of nitrogens with one attached hydrogen (secondary N) is 3. The molecule has 4 N–H and O–H groups in total. The van der Waals surface area contributed by atoms with E-state index < -0.39 is 6.09 Å². The van der Waals surface area contributed by atoms with Crippen molar-refractivity contribution < 1.29 is 14.7 Å². The number of carbonyl (C=O) groups excluding carboxylic acids is 1. The summed E-state index contributed by atoms with van der Waals surface area (Å²) >= 11 is 0. The van der Waals surface area contributed by atoms with Crippen LogP contribution in [-0.2, 0) is 0 Å². The molecule has 0 bridgehead atoms. The van der Waals surface area contributed by atoms with E-state index >= 15 is 0 Å². The van der Waals surface area contributed by atoms with E-state index in [9.17, 15) is 9.59 Å². The highest BCUT2D eigenvalue weighted by Gasteiger charge is 2.20. The van der Waals surface area contributed by atoms with Crippen molar-refractivity contribution in [2.75, 3.05) is 26.0 Å². The maximum atomic E-state index is 12.2. The number of nitrogens with zero attached hydrogens (tertiary/aromatic N) is 2. The fourth-order valence-electron chi connectivity index (χ4n) is 2.62. The van der Waals surface area contributed by atoms with Gasteiger partial charge in [0.05, 0.1) is 11.8 Å². The average molecular weight is 327 g/mol. The molecule has 1 aliphatic rings. The third kappa shape index (κ3) is 2.99. The van der Waals surface area contributed by atoms with Gasteiger partial charge in [-0.1, -0.05) is 6.08 Å². The number of H-pyrrole nitrogens is 1.